The van der Waals surface area contributed by atoms with Gasteiger partial charge in [-0.3, -0.25) is 4.79 Å². The maximum Gasteiger partial charge on any atom is 0.254 e. The van der Waals surface area contributed by atoms with Gasteiger partial charge in [-0.05, 0) is 24.1 Å². The molecule has 0 heterocycles. The van der Waals surface area contributed by atoms with Gasteiger partial charge < -0.3 is 16.2 Å². The molecule has 0 aliphatic rings. The first-order chi connectivity index (χ1) is 7.17. The molecule has 1 rings (SSSR count). The molecule has 4 nitrogen and oxygen atoms in total. The maximum absolute atomic E-state index is 11.3. The van der Waals surface area contributed by atoms with Crippen LogP contribution in [0.25, 0.3) is 0 Å². The number of anilines is 1. The standard InChI is InChI=1S/C11H16N2O2/c1-2-8-3-5-9(6-4-8)13-11(15)10(14)7-12/h3-6,10,14H,2,7,12H2,1H3,(H,13,15). The van der Waals surface area contributed by atoms with E-state index in [0.29, 0.717) is 5.69 Å². The number of amides is 1. The monoisotopic (exact) mass is 208 g/mol. The van der Waals surface area contributed by atoms with Gasteiger partial charge in [-0.1, -0.05) is 19.1 Å². The number of nitrogens with two attached hydrogens (primary N) is 1. The van der Waals surface area contributed by atoms with Crippen molar-refractivity contribution in [3.63, 3.8) is 0 Å². The number of carbonyl (C=O) groups is 1. The smallest absolute Gasteiger partial charge is 0.254 e. The zero-order valence-electron chi connectivity index (χ0n) is 8.73. The zero-order chi connectivity index (χ0) is 11.3. The van der Waals surface area contributed by atoms with Crippen LogP contribution in [0.3, 0.4) is 0 Å². The summed E-state index contributed by atoms with van der Waals surface area (Å²) in [5.74, 6) is -0.471. The van der Waals surface area contributed by atoms with Gasteiger partial charge in [-0.15, -0.1) is 0 Å². The summed E-state index contributed by atoms with van der Waals surface area (Å²) < 4.78 is 0. The molecule has 82 valence electrons. The quantitative estimate of drug-likeness (QED) is 0.674. The summed E-state index contributed by atoms with van der Waals surface area (Å²) in [7, 11) is 0. The molecule has 1 atom stereocenters. The van der Waals surface area contributed by atoms with Crippen LogP contribution in [0.15, 0.2) is 24.3 Å². The number of hydrogen-bond acceptors (Lipinski definition) is 3. The van der Waals surface area contributed by atoms with Gasteiger partial charge in [0.2, 0.25) is 0 Å². The van der Waals surface area contributed by atoms with Crippen molar-refractivity contribution in [1.82, 2.24) is 0 Å². The highest BCUT2D eigenvalue weighted by Gasteiger charge is 2.12. The normalized spacial score (nSPS) is 12.2. The number of nitrogens with one attached hydrogen (secondary N) is 1. The molecule has 4 heteroatoms. The fourth-order valence-electron chi connectivity index (χ4n) is 1.16. The van der Waals surface area contributed by atoms with Gasteiger partial charge in [0.05, 0.1) is 0 Å². The van der Waals surface area contributed by atoms with E-state index in [-0.39, 0.29) is 6.54 Å². The molecule has 0 saturated carbocycles. The van der Waals surface area contributed by atoms with E-state index < -0.39 is 12.0 Å². The molecule has 0 aliphatic heterocycles. The van der Waals surface area contributed by atoms with Crippen molar-refractivity contribution in [3.8, 4) is 0 Å². The molecule has 0 radical (unpaired) electrons. The number of hydrogen-bond donors (Lipinski definition) is 3. The van der Waals surface area contributed by atoms with Crippen LogP contribution in [0.4, 0.5) is 5.69 Å². The van der Waals surface area contributed by atoms with E-state index >= 15 is 0 Å². The van der Waals surface area contributed by atoms with Crippen molar-refractivity contribution in [1.29, 1.82) is 0 Å². The lowest BCUT2D eigenvalue weighted by molar-refractivity contribution is -0.123. The highest BCUT2D eigenvalue weighted by molar-refractivity contribution is 5.94. The summed E-state index contributed by atoms with van der Waals surface area (Å²) in [4.78, 5) is 11.3. The average Bonchev–Trinajstić information content (AvgIpc) is 2.29. The van der Waals surface area contributed by atoms with Crippen molar-refractivity contribution >= 4 is 11.6 Å². The second-order valence-corrected chi connectivity index (χ2v) is 3.29. The average molecular weight is 208 g/mol. The van der Waals surface area contributed by atoms with Crippen molar-refractivity contribution in [2.45, 2.75) is 19.4 Å². The zero-order valence-corrected chi connectivity index (χ0v) is 8.73. The van der Waals surface area contributed by atoms with Gasteiger partial charge >= 0.3 is 0 Å². The second kappa shape index (κ2) is 5.48. The Morgan fingerprint density at radius 2 is 2.07 bits per heavy atom. The third-order valence-corrected chi connectivity index (χ3v) is 2.16. The minimum atomic E-state index is -1.14. The lowest BCUT2D eigenvalue weighted by atomic mass is 10.1. The van der Waals surface area contributed by atoms with Gasteiger partial charge in [0.25, 0.3) is 5.91 Å². The molecule has 0 aromatic heterocycles. The molecular formula is C11H16N2O2. The Morgan fingerprint density at radius 1 is 1.47 bits per heavy atom. The largest absolute Gasteiger partial charge is 0.382 e. The SMILES string of the molecule is CCc1ccc(NC(=O)C(O)CN)cc1. The summed E-state index contributed by atoms with van der Waals surface area (Å²) in [6.45, 7) is 1.99. The van der Waals surface area contributed by atoms with Gasteiger partial charge in [0.1, 0.15) is 6.10 Å². The minimum absolute atomic E-state index is 0.0706. The van der Waals surface area contributed by atoms with Crippen LogP contribution in [0.1, 0.15) is 12.5 Å². The predicted octanol–water partition coefficient (Wildman–Crippen LogP) is 0.507. The Labute approximate surface area is 89.1 Å². The van der Waals surface area contributed by atoms with Crippen LogP contribution in [0.2, 0.25) is 0 Å². The fourth-order valence-corrected chi connectivity index (χ4v) is 1.16. The molecule has 0 saturated heterocycles. The molecule has 1 aromatic rings. The number of carbonyl (C=O) groups excluding carboxylic acids is 1. The van der Waals surface area contributed by atoms with E-state index in [2.05, 4.69) is 12.2 Å². The number of benzene rings is 1. The van der Waals surface area contributed by atoms with E-state index in [1.165, 1.54) is 5.56 Å². The molecule has 1 unspecified atom stereocenters. The molecule has 0 spiro atoms. The lowest BCUT2D eigenvalue weighted by Crippen LogP contribution is -2.34. The number of aliphatic hydroxyl groups is 1. The van der Waals surface area contributed by atoms with Crippen LogP contribution < -0.4 is 11.1 Å². The van der Waals surface area contributed by atoms with Crippen molar-refractivity contribution in [2.75, 3.05) is 11.9 Å². The Hall–Kier alpha value is -1.39. The van der Waals surface area contributed by atoms with Crippen LogP contribution in [-0.4, -0.2) is 23.7 Å². The van der Waals surface area contributed by atoms with Crippen molar-refractivity contribution < 1.29 is 9.90 Å². The first-order valence-corrected chi connectivity index (χ1v) is 4.95. The number of aliphatic hydroxyl groups excluding tert-OH is 1. The van der Waals surface area contributed by atoms with Crippen LogP contribution in [0.5, 0.6) is 0 Å². The van der Waals surface area contributed by atoms with E-state index in [1.54, 1.807) is 12.1 Å². The summed E-state index contributed by atoms with van der Waals surface area (Å²) in [5, 5.41) is 11.7. The molecule has 0 bridgehead atoms. The molecule has 0 aliphatic carbocycles. The van der Waals surface area contributed by atoms with E-state index in [1.807, 2.05) is 12.1 Å². The number of rotatable bonds is 4. The molecular weight excluding hydrogens is 192 g/mol. The molecule has 1 amide bonds. The first-order valence-electron chi connectivity index (χ1n) is 4.95. The van der Waals surface area contributed by atoms with Crippen LogP contribution in [0, 0.1) is 0 Å². The van der Waals surface area contributed by atoms with Crippen LogP contribution in [-0.2, 0) is 11.2 Å². The van der Waals surface area contributed by atoms with Crippen molar-refractivity contribution in [2.24, 2.45) is 5.73 Å². The topological polar surface area (TPSA) is 75.3 Å². The van der Waals surface area contributed by atoms with E-state index in [9.17, 15) is 4.79 Å². The predicted molar refractivity (Wildman–Crippen MR) is 59.5 cm³/mol. The van der Waals surface area contributed by atoms with Crippen molar-refractivity contribution in [3.05, 3.63) is 29.8 Å². The Balaban J connectivity index is 2.61. The minimum Gasteiger partial charge on any atom is -0.382 e. The third kappa shape index (κ3) is 3.34. The summed E-state index contributed by atoms with van der Waals surface area (Å²) >= 11 is 0. The molecule has 4 N–H and O–H groups in total. The van der Waals surface area contributed by atoms with Gasteiger partial charge in [-0.2, -0.15) is 0 Å². The van der Waals surface area contributed by atoms with Crippen LogP contribution >= 0.6 is 0 Å². The second-order valence-electron chi connectivity index (χ2n) is 3.29. The summed E-state index contributed by atoms with van der Waals surface area (Å²) in [5.41, 5.74) is 7.03. The molecule has 1 aromatic carbocycles. The summed E-state index contributed by atoms with van der Waals surface area (Å²) in [6, 6.07) is 7.48. The molecule has 0 fully saturated rings. The van der Waals surface area contributed by atoms with Gasteiger partial charge in [0.15, 0.2) is 0 Å². The highest BCUT2D eigenvalue weighted by Crippen LogP contribution is 2.10. The lowest BCUT2D eigenvalue weighted by Gasteiger charge is -2.09. The Kier molecular flexibility index (Phi) is 4.27. The molecule has 15 heavy (non-hydrogen) atoms. The third-order valence-electron chi connectivity index (χ3n) is 2.16. The highest BCUT2D eigenvalue weighted by atomic mass is 16.3. The van der Waals surface area contributed by atoms with E-state index in [4.69, 9.17) is 10.8 Å². The summed E-state index contributed by atoms with van der Waals surface area (Å²) in [6.07, 6.45) is -0.185. The fraction of sp³-hybridized carbons (Fsp3) is 0.364. The maximum atomic E-state index is 11.3. The first kappa shape index (κ1) is 11.7. The van der Waals surface area contributed by atoms with Gasteiger partial charge in [0, 0.05) is 12.2 Å². The van der Waals surface area contributed by atoms with E-state index in [0.717, 1.165) is 6.42 Å². The van der Waals surface area contributed by atoms with Gasteiger partial charge in [-0.25, -0.2) is 0 Å². The Bertz CT molecular complexity index is 322. The Morgan fingerprint density at radius 3 is 2.53 bits per heavy atom. The number of aryl methyl sites for hydroxylation is 1.